The van der Waals surface area contributed by atoms with E-state index in [2.05, 4.69) is 10.2 Å². The van der Waals surface area contributed by atoms with E-state index in [9.17, 15) is 8.42 Å². The molecule has 34 heavy (non-hydrogen) atoms. The van der Waals surface area contributed by atoms with E-state index in [0.29, 0.717) is 59.1 Å². The molecule has 3 aromatic rings. The van der Waals surface area contributed by atoms with Gasteiger partial charge in [-0.25, -0.2) is 8.42 Å². The third kappa shape index (κ3) is 4.68. The molecule has 11 heteroatoms. The zero-order chi connectivity index (χ0) is 24.3. The summed E-state index contributed by atoms with van der Waals surface area (Å²) in [7, 11) is 1.23. The minimum absolute atomic E-state index is 0.401. The van der Waals surface area contributed by atoms with E-state index in [1.807, 2.05) is 42.2 Å². The first-order chi connectivity index (χ1) is 16.4. The maximum absolute atomic E-state index is 13.0. The lowest BCUT2D eigenvalue weighted by Gasteiger charge is -2.34. The predicted octanol–water partition coefficient (Wildman–Crippen LogP) is 3.30. The van der Waals surface area contributed by atoms with E-state index < -0.39 is 10.0 Å². The number of rotatable bonds is 8. The molecule has 0 atom stereocenters. The summed E-state index contributed by atoms with van der Waals surface area (Å²) in [6.45, 7) is 3.91. The SMILES string of the molecule is CCc1ccc(S(=O)(=O)N2CCN(c3ccc(-c4cc(OC)c(OC)c(OC)c4)nn3)CC2)s1. The molecule has 0 radical (unpaired) electrons. The van der Waals surface area contributed by atoms with Gasteiger partial charge in [-0.05, 0) is 42.8 Å². The van der Waals surface area contributed by atoms with E-state index in [4.69, 9.17) is 14.2 Å². The van der Waals surface area contributed by atoms with Crippen molar-refractivity contribution in [1.29, 1.82) is 0 Å². The molecule has 1 fully saturated rings. The van der Waals surface area contributed by atoms with Crippen molar-refractivity contribution in [2.24, 2.45) is 0 Å². The fourth-order valence-electron chi connectivity index (χ4n) is 3.85. The molecule has 2 aromatic heterocycles. The van der Waals surface area contributed by atoms with Gasteiger partial charge in [0.2, 0.25) is 5.75 Å². The number of benzene rings is 1. The van der Waals surface area contributed by atoms with Crippen LogP contribution in [0.1, 0.15) is 11.8 Å². The molecule has 0 bridgehead atoms. The largest absolute Gasteiger partial charge is 0.493 e. The second kappa shape index (κ2) is 10.2. The van der Waals surface area contributed by atoms with Crippen molar-refractivity contribution < 1.29 is 22.6 Å². The summed E-state index contributed by atoms with van der Waals surface area (Å²) in [5.74, 6) is 2.30. The normalized spacial score (nSPS) is 14.8. The minimum atomic E-state index is -3.46. The van der Waals surface area contributed by atoms with Gasteiger partial charge in [0.15, 0.2) is 17.3 Å². The maximum Gasteiger partial charge on any atom is 0.252 e. The molecule has 182 valence electrons. The highest BCUT2D eigenvalue weighted by molar-refractivity contribution is 7.91. The van der Waals surface area contributed by atoms with Crippen LogP contribution in [0.5, 0.6) is 17.2 Å². The summed E-state index contributed by atoms with van der Waals surface area (Å²) in [6, 6.07) is 11.0. The molecular weight excluding hydrogens is 476 g/mol. The van der Waals surface area contributed by atoms with Crippen LogP contribution in [-0.2, 0) is 16.4 Å². The Kier molecular flexibility index (Phi) is 7.24. The number of thiophene rings is 1. The molecule has 0 spiro atoms. The summed E-state index contributed by atoms with van der Waals surface area (Å²) in [4.78, 5) is 3.11. The van der Waals surface area contributed by atoms with E-state index in [1.165, 1.54) is 11.3 Å². The van der Waals surface area contributed by atoms with Gasteiger partial charge in [-0.3, -0.25) is 0 Å². The number of sulfonamides is 1. The number of hydrogen-bond acceptors (Lipinski definition) is 9. The fourth-order valence-corrected chi connectivity index (χ4v) is 6.72. The Labute approximate surface area is 203 Å². The highest BCUT2D eigenvalue weighted by atomic mass is 32.2. The Hall–Kier alpha value is -2.89. The lowest BCUT2D eigenvalue weighted by Crippen LogP contribution is -2.48. The van der Waals surface area contributed by atoms with Crippen molar-refractivity contribution in [2.45, 2.75) is 17.6 Å². The van der Waals surface area contributed by atoms with Crippen molar-refractivity contribution in [2.75, 3.05) is 52.4 Å². The number of piperazine rings is 1. The molecule has 3 heterocycles. The molecule has 0 amide bonds. The summed E-state index contributed by atoms with van der Waals surface area (Å²) >= 11 is 1.35. The summed E-state index contributed by atoms with van der Waals surface area (Å²) in [6.07, 6.45) is 0.832. The van der Waals surface area contributed by atoms with Gasteiger partial charge in [-0.1, -0.05) is 6.92 Å². The number of hydrogen-bond donors (Lipinski definition) is 0. The molecule has 9 nitrogen and oxygen atoms in total. The number of anilines is 1. The van der Waals surface area contributed by atoms with Gasteiger partial charge in [0.1, 0.15) is 4.21 Å². The lowest BCUT2D eigenvalue weighted by molar-refractivity contribution is 0.324. The van der Waals surface area contributed by atoms with Crippen molar-refractivity contribution in [1.82, 2.24) is 14.5 Å². The van der Waals surface area contributed by atoms with Gasteiger partial charge in [0, 0.05) is 36.6 Å². The average Bonchev–Trinajstić information content (AvgIpc) is 3.38. The highest BCUT2D eigenvalue weighted by Crippen LogP contribution is 2.40. The molecular formula is C23H28N4O5S2. The van der Waals surface area contributed by atoms with E-state index in [-0.39, 0.29) is 0 Å². The molecule has 0 aliphatic carbocycles. The van der Waals surface area contributed by atoms with E-state index in [1.54, 1.807) is 31.7 Å². The monoisotopic (exact) mass is 504 g/mol. The van der Waals surface area contributed by atoms with Crippen LogP contribution in [0.4, 0.5) is 5.82 Å². The average molecular weight is 505 g/mol. The van der Waals surface area contributed by atoms with Crippen molar-refractivity contribution in [3.8, 4) is 28.5 Å². The van der Waals surface area contributed by atoms with Gasteiger partial charge in [0.25, 0.3) is 10.0 Å². The first-order valence-corrected chi connectivity index (χ1v) is 13.1. The van der Waals surface area contributed by atoms with Crippen molar-refractivity contribution in [3.63, 3.8) is 0 Å². The number of methoxy groups -OCH3 is 3. The van der Waals surface area contributed by atoms with Gasteiger partial charge < -0.3 is 19.1 Å². The first-order valence-electron chi connectivity index (χ1n) is 10.9. The van der Waals surface area contributed by atoms with Gasteiger partial charge >= 0.3 is 0 Å². The molecule has 0 unspecified atom stereocenters. The van der Waals surface area contributed by atoms with Crippen LogP contribution in [0.2, 0.25) is 0 Å². The van der Waals surface area contributed by atoms with Crippen LogP contribution in [0.3, 0.4) is 0 Å². The second-order valence-corrected chi connectivity index (χ2v) is 11.0. The third-order valence-electron chi connectivity index (χ3n) is 5.75. The Morgan fingerprint density at radius 2 is 1.59 bits per heavy atom. The molecule has 1 aliphatic heterocycles. The first kappa shape index (κ1) is 24.2. The smallest absolute Gasteiger partial charge is 0.252 e. The highest BCUT2D eigenvalue weighted by Gasteiger charge is 2.30. The van der Waals surface area contributed by atoms with E-state index >= 15 is 0 Å². The van der Waals surface area contributed by atoms with Gasteiger partial charge in [0.05, 0.1) is 27.0 Å². The topological polar surface area (TPSA) is 94.1 Å². The quantitative estimate of drug-likeness (QED) is 0.461. The minimum Gasteiger partial charge on any atom is -0.493 e. The number of aryl methyl sites for hydroxylation is 1. The zero-order valence-electron chi connectivity index (χ0n) is 19.6. The van der Waals surface area contributed by atoms with Crippen LogP contribution in [-0.4, -0.2) is 70.4 Å². The van der Waals surface area contributed by atoms with Crippen molar-refractivity contribution in [3.05, 3.63) is 41.3 Å². The Balaban J connectivity index is 1.47. The van der Waals surface area contributed by atoms with Crippen LogP contribution >= 0.6 is 11.3 Å². The van der Waals surface area contributed by atoms with Crippen LogP contribution in [0.25, 0.3) is 11.3 Å². The molecule has 4 rings (SSSR count). The predicted molar refractivity (Wildman–Crippen MR) is 132 cm³/mol. The standard InChI is InChI=1S/C23H28N4O5S2/c1-5-17-6-9-22(33-17)34(28,29)27-12-10-26(11-13-27)21-8-7-18(24-25-21)16-14-19(30-2)23(32-4)20(15-16)31-3/h6-9,14-15H,5,10-13H2,1-4H3. The zero-order valence-corrected chi connectivity index (χ0v) is 21.3. The van der Waals surface area contributed by atoms with E-state index in [0.717, 1.165) is 16.9 Å². The Morgan fingerprint density at radius 3 is 2.09 bits per heavy atom. The van der Waals surface area contributed by atoms with Crippen LogP contribution in [0.15, 0.2) is 40.6 Å². The maximum atomic E-state index is 13.0. The molecule has 0 saturated carbocycles. The summed E-state index contributed by atoms with van der Waals surface area (Å²) < 4.78 is 44.1. The van der Waals surface area contributed by atoms with Gasteiger partial charge in [-0.2, -0.15) is 4.31 Å². The molecule has 1 saturated heterocycles. The molecule has 1 aliphatic rings. The van der Waals surface area contributed by atoms with Crippen LogP contribution < -0.4 is 19.1 Å². The third-order valence-corrected chi connectivity index (χ3v) is 9.35. The fraction of sp³-hybridized carbons (Fsp3) is 0.391. The molecule has 0 N–H and O–H groups in total. The summed E-state index contributed by atoms with van der Waals surface area (Å²) in [5.41, 5.74) is 1.44. The number of aromatic nitrogens is 2. The molecule has 1 aromatic carbocycles. The van der Waals surface area contributed by atoms with Crippen molar-refractivity contribution >= 4 is 27.2 Å². The number of nitrogens with zero attached hydrogens (tertiary/aromatic N) is 4. The number of ether oxygens (including phenoxy) is 3. The Bertz CT molecular complexity index is 1210. The summed E-state index contributed by atoms with van der Waals surface area (Å²) in [5, 5.41) is 8.77. The van der Waals surface area contributed by atoms with Gasteiger partial charge in [-0.15, -0.1) is 21.5 Å². The Morgan fingerprint density at radius 1 is 0.912 bits per heavy atom. The lowest BCUT2D eigenvalue weighted by atomic mass is 10.1. The second-order valence-electron chi connectivity index (χ2n) is 7.66. The van der Waals surface area contributed by atoms with Crippen LogP contribution in [0, 0.1) is 0 Å².